The molecule has 1 aliphatic heterocycles. The lowest BCUT2D eigenvalue weighted by Crippen LogP contribution is -2.30. The summed E-state index contributed by atoms with van der Waals surface area (Å²) in [7, 11) is 0. The van der Waals surface area contributed by atoms with Crippen molar-refractivity contribution < 1.29 is 27.0 Å². The zero-order valence-electron chi connectivity index (χ0n) is 20.5. The number of aryl methyl sites for hydroxylation is 1. The van der Waals surface area contributed by atoms with Crippen molar-refractivity contribution in [3.8, 4) is 22.3 Å². The molecule has 4 rings (SSSR count). The van der Waals surface area contributed by atoms with Gasteiger partial charge in [-0.3, -0.25) is 0 Å². The van der Waals surface area contributed by atoms with Gasteiger partial charge in [0.15, 0.2) is 29.6 Å². The van der Waals surface area contributed by atoms with Gasteiger partial charge < -0.3 is 9.47 Å². The van der Waals surface area contributed by atoms with Gasteiger partial charge in [-0.1, -0.05) is 74.4 Å². The second kappa shape index (κ2) is 11.8. The van der Waals surface area contributed by atoms with Gasteiger partial charge in [-0.05, 0) is 48.1 Å². The van der Waals surface area contributed by atoms with Gasteiger partial charge in [-0.15, -0.1) is 0 Å². The molecule has 0 unspecified atom stereocenters. The van der Waals surface area contributed by atoms with Crippen LogP contribution in [0.5, 0.6) is 0 Å². The zero-order chi connectivity index (χ0) is 25.7. The van der Waals surface area contributed by atoms with Crippen molar-refractivity contribution in [1.29, 1.82) is 0 Å². The van der Waals surface area contributed by atoms with Crippen LogP contribution in [0.15, 0.2) is 60.7 Å². The van der Waals surface area contributed by atoms with E-state index in [0.717, 1.165) is 19.3 Å². The van der Waals surface area contributed by atoms with Gasteiger partial charge in [0.2, 0.25) is 0 Å². The van der Waals surface area contributed by atoms with E-state index in [1.54, 1.807) is 54.6 Å². The van der Waals surface area contributed by atoms with E-state index >= 15 is 4.39 Å². The molecule has 0 radical (unpaired) electrons. The normalized spacial score (nSPS) is 18.2. The van der Waals surface area contributed by atoms with Crippen molar-refractivity contribution in [2.24, 2.45) is 0 Å². The highest BCUT2D eigenvalue weighted by molar-refractivity contribution is 5.71. The Balaban J connectivity index is 1.53. The molecule has 1 heterocycles. The van der Waals surface area contributed by atoms with Gasteiger partial charge in [0.1, 0.15) is 0 Å². The molecule has 0 N–H and O–H groups in total. The predicted octanol–water partition coefficient (Wildman–Crippen LogP) is 8.34. The SMILES string of the molecule is C/C=C/C1OCC(c2ccc(-c3ccc(-c4ccc(CCCCC)c(F)c4F)cc3)c(F)c2F)CO1. The van der Waals surface area contributed by atoms with Crippen LogP contribution in [0.2, 0.25) is 0 Å². The number of allylic oxidation sites excluding steroid dienone is 1. The third-order valence-corrected chi connectivity index (χ3v) is 6.54. The predicted molar refractivity (Wildman–Crippen MR) is 134 cm³/mol. The lowest BCUT2D eigenvalue weighted by Gasteiger charge is -2.28. The summed E-state index contributed by atoms with van der Waals surface area (Å²) < 4.78 is 70.5. The van der Waals surface area contributed by atoms with Gasteiger partial charge in [-0.25, -0.2) is 17.6 Å². The highest BCUT2D eigenvalue weighted by atomic mass is 19.2. The zero-order valence-corrected chi connectivity index (χ0v) is 20.5. The quantitative estimate of drug-likeness (QED) is 0.177. The number of unbranched alkanes of at least 4 members (excludes halogenated alkanes) is 2. The number of benzene rings is 3. The Kier molecular flexibility index (Phi) is 8.60. The molecule has 1 aliphatic rings. The molecule has 0 aromatic heterocycles. The first-order valence-corrected chi connectivity index (χ1v) is 12.4. The number of ether oxygens (including phenoxy) is 2. The molecule has 0 saturated carbocycles. The highest BCUT2D eigenvalue weighted by Gasteiger charge is 2.26. The molecule has 0 spiro atoms. The minimum atomic E-state index is -0.968. The van der Waals surface area contributed by atoms with E-state index < -0.39 is 35.5 Å². The van der Waals surface area contributed by atoms with Gasteiger partial charge in [0.05, 0.1) is 13.2 Å². The molecular weight excluding hydrogens is 468 g/mol. The summed E-state index contributed by atoms with van der Waals surface area (Å²) in [4.78, 5) is 0. The van der Waals surface area contributed by atoms with Crippen LogP contribution in [-0.4, -0.2) is 19.5 Å². The molecule has 36 heavy (non-hydrogen) atoms. The minimum Gasteiger partial charge on any atom is -0.348 e. The molecule has 1 fully saturated rings. The molecule has 2 nitrogen and oxygen atoms in total. The topological polar surface area (TPSA) is 18.5 Å². The Morgan fingerprint density at radius 1 is 0.750 bits per heavy atom. The molecule has 0 amide bonds. The van der Waals surface area contributed by atoms with Crippen molar-refractivity contribution in [1.82, 2.24) is 0 Å². The highest BCUT2D eigenvalue weighted by Crippen LogP contribution is 2.34. The van der Waals surface area contributed by atoms with E-state index in [9.17, 15) is 13.2 Å². The fourth-order valence-corrected chi connectivity index (χ4v) is 4.47. The molecule has 3 aromatic carbocycles. The summed E-state index contributed by atoms with van der Waals surface area (Å²) in [5, 5.41) is 0. The second-order valence-corrected chi connectivity index (χ2v) is 9.02. The summed E-state index contributed by atoms with van der Waals surface area (Å²) in [6.07, 6.45) is 6.34. The van der Waals surface area contributed by atoms with Gasteiger partial charge in [0, 0.05) is 17.0 Å². The van der Waals surface area contributed by atoms with Crippen LogP contribution in [0.4, 0.5) is 17.6 Å². The van der Waals surface area contributed by atoms with Gasteiger partial charge >= 0.3 is 0 Å². The lowest BCUT2D eigenvalue weighted by atomic mass is 9.94. The summed E-state index contributed by atoms with van der Waals surface area (Å²) in [5.41, 5.74) is 1.68. The van der Waals surface area contributed by atoms with Crippen LogP contribution < -0.4 is 0 Å². The van der Waals surface area contributed by atoms with Gasteiger partial charge in [-0.2, -0.15) is 0 Å². The largest absolute Gasteiger partial charge is 0.348 e. The van der Waals surface area contributed by atoms with E-state index in [1.165, 1.54) is 6.07 Å². The first-order chi connectivity index (χ1) is 17.4. The van der Waals surface area contributed by atoms with Crippen molar-refractivity contribution in [3.63, 3.8) is 0 Å². The Morgan fingerprint density at radius 2 is 1.33 bits per heavy atom. The minimum absolute atomic E-state index is 0.0881. The van der Waals surface area contributed by atoms with E-state index in [2.05, 4.69) is 6.92 Å². The van der Waals surface area contributed by atoms with E-state index in [1.807, 2.05) is 6.92 Å². The third-order valence-electron chi connectivity index (χ3n) is 6.54. The molecule has 6 heteroatoms. The van der Waals surface area contributed by atoms with Crippen LogP contribution in [0.25, 0.3) is 22.3 Å². The third kappa shape index (κ3) is 5.55. The molecule has 3 aromatic rings. The average Bonchev–Trinajstić information content (AvgIpc) is 2.89. The molecule has 0 bridgehead atoms. The maximum absolute atomic E-state index is 15.0. The smallest absolute Gasteiger partial charge is 0.176 e. The van der Waals surface area contributed by atoms with E-state index in [-0.39, 0.29) is 29.9 Å². The van der Waals surface area contributed by atoms with Crippen molar-refractivity contribution in [2.45, 2.75) is 51.7 Å². The van der Waals surface area contributed by atoms with E-state index in [0.29, 0.717) is 23.1 Å². The Labute approximate surface area is 209 Å². The van der Waals surface area contributed by atoms with E-state index in [4.69, 9.17) is 9.47 Å². The average molecular weight is 499 g/mol. The number of hydrogen-bond donors (Lipinski definition) is 0. The maximum Gasteiger partial charge on any atom is 0.176 e. The molecule has 0 atom stereocenters. The number of hydrogen-bond acceptors (Lipinski definition) is 2. The van der Waals surface area contributed by atoms with Gasteiger partial charge in [0.25, 0.3) is 0 Å². The summed E-state index contributed by atoms with van der Waals surface area (Å²) in [5.74, 6) is -4.05. The molecular formula is C30H30F4O2. The van der Waals surface area contributed by atoms with Crippen LogP contribution in [0, 0.1) is 23.3 Å². The van der Waals surface area contributed by atoms with Crippen molar-refractivity contribution >= 4 is 0 Å². The Morgan fingerprint density at radius 3 is 1.92 bits per heavy atom. The van der Waals surface area contributed by atoms with Crippen LogP contribution in [0.3, 0.4) is 0 Å². The number of rotatable bonds is 8. The Hall–Kier alpha value is -2.96. The molecule has 190 valence electrons. The first kappa shape index (κ1) is 26.1. The summed E-state index contributed by atoms with van der Waals surface area (Å²) in [6.45, 7) is 4.34. The standard InChI is InChI=1S/C30H30F4O2/c1-3-5-6-8-21-13-14-23(28(32)27(21)31)19-9-11-20(12-10-19)24-15-16-25(30(34)29(24)33)22-17-35-26(7-4-2)36-18-22/h4,7,9-16,22,26H,3,5-6,8,17-18H2,1-2H3/b7-4+. The van der Waals surface area contributed by atoms with Crippen LogP contribution >= 0.6 is 0 Å². The van der Waals surface area contributed by atoms with Crippen molar-refractivity contribution in [3.05, 3.63) is 95.1 Å². The van der Waals surface area contributed by atoms with Crippen LogP contribution in [0.1, 0.15) is 50.2 Å². The number of halogens is 4. The lowest BCUT2D eigenvalue weighted by molar-refractivity contribution is -0.159. The first-order valence-electron chi connectivity index (χ1n) is 12.4. The molecule has 0 aliphatic carbocycles. The summed E-state index contributed by atoms with van der Waals surface area (Å²) >= 11 is 0. The Bertz CT molecular complexity index is 1210. The molecule has 1 saturated heterocycles. The van der Waals surface area contributed by atoms with Crippen LogP contribution in [-0.2, 0) is 15.9 Å². The monoisotopic (exact) mass is 498 g/mol. The summed E-state index contributed by atoms with van der Waals surface area (Å²) in [6, 6.07) is 12.6. The fraction of sp³-hybridized carbons (Fsp3) is 0.333. The fourth-order valence-electron chi connectivity index (χ4n) is 4.47. The maximum atomic E-state index is 15.0. The second-order valence-electron chi connectivity index (χ2n) is 9.02. The van der Waals surface area contributed by atoms with Crippen molar-refractivity contribution in [2.75, 3.05) is 13.2 Å².